The van der Waals surface area contributed by atoms with Gasteiger partial charge in [0.25, 0.3) is 0 Å². The van der Waals surface area contributed by atoms with Crippen molar-refractivity contribution in [1.29, 1.82) is 0 Å². The standard InChI is InChI=1S/C13H10FN3O2/c14-10-6-4-9(5-7-10)13(18)19-17-12(15)11-3-1-2-8-16-11/h1-8H,(H2,15,17). The van der Waals surface area contributed by atoms with E-state index in [1.165, 1.54) is 12.1 Å². The molecule has 0 bridgehead atoms. The van der Waals surface area contributed by atoms with Crippen LogP contribution in [0.25, 0.3) is 0 Å². The fraction of sp³-hybridized carbons (Fsp3) is 0. The first kappa shape index (κ1) is 12.7. The summed E-state index contributed by atoms with van der Waals surface area (Å²) in [5, 5.41) is 3.48. The molecule has 1 aromatic carbocycles. The minimum absolute atomic E-state index is 0.0175. The second-order valence-electron chi connectivity index (χ2n) is 3.58. The Balaban J connectivity index is 2.06. The maximum absolute atomic E-state index is 12.7. The van der Waals surface area contributed by atoms with Crippen LogP contribution in [0.5, 0.6) is 0 Å². The first-order valence-electron chi connectivity index (χ1n) is 5.38. The second-order valence-corrected chi connectivity index (χ2v) is 3.58. The van der Waals surface area contributed by atoms with Crippen LogP contribution >= 0.6 is 0 Å². The lowest BCUT2D eigenvalue weighted by Crippen LogP contribution is -2.16. The third-order valence-electron chi connectivity index (χ3n) is 2.23. The van der Waals surface area contributed by atoms with E-state index in [4.69, 9.17) is 5.73 Å². The van der Waals surface area contributed by atoms with Crippen molar-refractivity contribution >= 4 is 11.8 Å². The van der Waals surface area contributed by atoms with E-state index < -0.39 is 11.8 Å². The van der Waals surface area contributed by atoms with Crippen LogP contribution < -0.4 is 5.73 Å². The van der Waals surface area contributed by atoms with E-state index >= 15 is 0 Å². The Labute approximate surface area is 108 Å². The maximum atomic E-state index is 12.7. The molecule has 0 amide bonds. The number of amidine groups is 1. The van der Waals surface area contributed by atoms with Crippen molar-refractivity contribution in [2.75, 3.05) is 0 Å². The largest absolute Gasteiger partial charge is 0.379 e. The fourth-order valence-electron chi connectivity index (χ4n) is 1.29. The number of oxime groups is 1. The fourth-order valence-corrected chi connectivity index (χ4v) is 1.29. The average Bonchev–Trinajstić information content (AvgIpc) is 2.46. The number of pyridine rings is 1. The summed E-state index contributed by atoms with van der Waals surface area (Å²) >= 11 is 0. The summed E-state index contributed by atoms with van der Waals surface area (Å²) in [6.45, 7) is 0. The van der Waals surface area contributed by atoms with E-state index in [1.54, 1.807) is 24.4 Å². The van der Waals surface area contributed by atoms with Gasteiger partial charge < -0.3 is 10.6 Å². The molecule has 0 saturated carbocycles. The molecule has 2 N–H and O–H groups in total. The second kappa shape index (κ2) is 5.72. The van der Waals surface area contributed by atoms with Crippen LogP contribution in [0.1, 0.15) is 16.1 Å². The highest BCUT2D eigenvalue weighted by molar-refractivity contribution is 5.96. The molecular weight excluding hydrogens is 249 g/mol. The smallest absolute Gasteiger partial charge is 0.365 e. The quantitative estimate of drug-likeness (QED) is 0.394. The lowest BCUT2D eigenvalue weighted by Gasteiger charge is -2.00. The van der Waals surface area contributed by atoms with Crippen LogP contribution in [0, 0.1) is 5.82 Å². The van der Waals surface area contributed by atoms with Crippen molar-refractivity contribution in [2.45, 2.75) is 0 Å². The molecule has 0 saturated heterocycles. The third kappa shape index (κ3) is 3.35. The molecule has 0 fully saturated rings. The molecule has 0 atom stereocenters. The molecule has 0 aliphatic heterocycles. The highest BCUT2D eigenvalue weighted by Crippen LogP contribution is 2.05. The summed E-state index contributed by atoms with van der Waals surface area (Å²) < 4.78 is 12.7. The molecule has 0 aliphatic rings. The zero-order valence-corrected chi connectivity index (χ0v) is 9.79. The molecule has 2 aromatic rings. The van der Waals surface area contributed by atoms with Crippen molar-refractivity contribution in [3.8, 4) is 0 Å². The van der Waals surface area contributed by atoms with Gasteiger partial charge in [0, 0.05) is 6.20 Å². The van der Waals surface area contributed by atoms with Crippen LogP contribution in [-0.2, 0) is 4.84 Å². The van der Waals surface area contributed by atoms with Crippen LogP contribution in [0.4, 0.5) is 4.39 Å². The van der Waals surface area contributed by atoms with Crippen molar-refractivity contribution in [3.63, 3.8) is 0 Å². The Bertz CT molecular complexity index is 597. The number of rotatable bonds is 3. The van der Waals surface area contributed by atoms with Gasteiger partial charge >= 0.3 is 5.97 Å². The lowest BCUT2D eigenvalue weighted by molar-refractivity contribution is 0.0516. The van der Waals surface area contributed by atoms with Crippen LogP contribution in [0.3, 0.4) is 0 Å². The number of aromatic nitrogens is 1. The van der Waals surface area contributed by atoms with Crippen LogP contribution in [-0.4, -0.2) is 16.8 Å². The van der Waals surface area contributed by atoms with Gasteiger partial charge in [-0.05, 0) is 36.4 Å². The summed E-state index contributed by atoms with van der Waals surface area (Å²) in [6.07, 6.45) is 1.54. The summed E-state index contributed by atoms with van der Waals surface area (Å²) in [7, 11) is 0. The van der Waals surface area contributed by atoms with E-state index in [-0.39, 0.29) is 11.4 Å². The molecule has 0 spiro atoms. The van der Waals surface area contributed by atoms with E-state index in [2.05, 4.69) is 15.0 Å². The molecule has 6 heteroatoms. The molecule has 2 rings (SSSR count). The normalized spacial score (nSPS) is 11.1. The van der Waals surface area contributed by atoms with Gasteiger partial charge in [-0.2, -0.15) is 0 Å². The molecule has 19 heavy (non-hydrogen) atoms. The Hall–Kier alpha value is -2.76. The molecule has 1 heterocycles. The Kier molecular flexibility index (Phi) is 3.82. The number of nitrogens with zero attached hydrogens (tertiary/aromatic N) is 2. The lowest BCUT2D eigenvalue weighted by atomic mass is 10.2. The van der Waals surface area contributed by atoms with Gasteiger partial charge in [-0.15, -0.1) is 0 Å². The van der Waals surface area contributed by atoms with E-state index in [1.807, 2.05) is 0 Å². The molecule has 0 aliphatic carbocycles. The highest BCUT2D eigenvalue weighted by Gasteiger charge is 2.08. The summed E-state index contributed by atoms with van der Waals surface area (Å²) in [5.74, 6) is -1.18. The van der Waals surface area contributed by atoms with Crippen molar-refractivity contribution in [3.05, 3.63) is 65.7 Å². The summed E-state index contributed by atoms with van der Waals surface area (Å²) in [5.41, 5.74) is 6.17. The van der Waals surface area contributed by atoms with E-state index in [0.717, 1.165) is 12.1 Å². The highest BCUT2D eigenvalue weighted by atomic mass is 19.1. The van der Waals surface area contributed by atoms with Gasteiger partial charge in [-0.1, -0.05) is 11.2 Å². The average molecular weight is 259 g/mol. The minimum Gasteiger partial charge on any atom is -0.379 e. The van der Waals surface area contributed by atoms with E-state index in [0.29, 0.717) is 5.69 Å². The first-order chi connectivity index (χ1) is 9.16. The molecule has 96 valence electrons. The Morgan fingerprint density at radius 3 is 2.58 bits per heavy atom. The van der Waals surface area contributed by atoms with Crippen molar-refractivity contribution in [1.82, 2.24) is 4.98 Å². The summed E-state index contributed by atoms with van der Waals surface area (Å²) in [4.78, 5) is 20.2. The van der Waals surface area contributed by atoms with Gasteiger partial charge in [-0.3, -0.25) is 4.98 Å². The van der Waals surface area contributed by atoms with E-state index in [9.17, 15) is 9.18 Å². The third-order valence-corrected chi connectivity index (χ3v) is 2.23. The van der Waals surface area contributed by atoms with Gasteiger partial charge in [-0.25, -0.2) is 9.18 Å². The van der Waals surface area contributed by atoms with Gasteiger partial charge in [0.05, 0.1) is 5.56 Å². The van der Waals surface area contributed by atoms with Crippen LogP contribution in [0.15, 0.2) is 53.8 Å². The molecule has 5 nitrogen and oxygen atoms in total. The molecule has 1 aromatic heterocycles. The number of halogens is 1. The van der Waals surface area contributed by atoms with Crippen molar-refractivity contribution in [2.24, 2.45) is 10.9 Å². The molecule has 0 unspecified atom stereocenters. The monoisotopic (exact) mass is 259 g/mol. The Morgan fingerprint density at radius 2 is 1.95 bits per heavy atom. The molecular formula is C13H10FN3O2. The number of carbonyl (C=O) groups is 1. The maximum Gasteiger partial charge on any atom is 0.365 e. The topological polar surface area (TPSA) is 77.6 Å². The predicted molar refractivity (Wildman–Crippen MR) is 66.8 cm³/mol. The number of carbonyl (C=O) groups excluding carboxylic acids is 1. The van der Waals surface area contributed by atoms with Crippen LogP contribution in [0.2, 0.25) is 0 Å². The number of hydrogen-bond donors (Lipinski definition) is 1. The number of nitrogens with two attached hydrogens (primary N) is 1. The zero-order chi connectivity index (χ0) is 13.7. The SMILES string of the molecule is NC(=NOC(=O)c1ccc(F)cc1)c1ccccn1. The van der Waals surface area contributed by atoms with Gasteiger partial charge in [0.1, 0.15) is 11.5 Å². The Morgan fingerprint density at radius 1 is 1.21 bits per heavy atom. The van der Waals surface area contributed by atoms with Crippen molar-refractivity contribution < 1.29 is 14.0 Å². The molecule has 0 radical (unpaired) electrons. The first-order valence-corrected chi connectivity index (χ1v) is 5.38. The number of benzene rings is 1. The minimum atomic E-state index is -0.723. The van der Waals surface area contributed by atoms with Gasteiger partial charge in [0.15, 0.2) is 5.84 Å². The predicted octanol–water partition coefficient (Wildman–Crippen LogP) is 1.70. The zero-order valence-electron chi connectivity index (χ0n) is 9.79. The summed E-state index contributed by atoms with van der Waals surface area (Å²) in [6, 6.07) is 9.98. The number of hydrogen-bond acceptors (Lipinski definition) is 4. The van der Waals surface area contributed by atoms with Gasteiger partial charge in [0.2, 0.25) is 0 Å².